The van der Waals surface area contributed by atoms with Crippen molar-refractivity contribution < 1.29 is 35.3 Å². The fourth-order valence-corrected chi connectivity index (χ4v) is 2.72. The van der Waals surface area contributed by atoms with E-state index in [-0.39, 0.29) is 18.1 Å². The SMILES string of the molecule is C=CCc1cc(CCCCCC(=O)OC)ccc1OS(=O)(=O)C(F)(F)F. The molecule has 0 radical (unpaired) electrons. The van der Waals surface area contributed by atoms with Crippen molar-refractivity contribution in [1.82, 2.24) is 0 Å². The van der Waals surface area contributed by atoms with Gasteiger partial charge in [0.1, 0.15) is 5.75 Å². The number of halogens is 3. The van der Waals surface area contributed by atoms with Crippen LogP contribution in [-0.4, -0.2) is 27.0 Å². The van der Waals surface area contributed by atoms with Crippen molar-refractivity contribution in [2.75, 3.05) is 7.11 Å². The maximum absolute atomic E-state index is 12.5. The first kappa shape index (κ1) is 22.0. The summed E-state index contributed by atoms with van der Waals surface area (Å²) >= 11 is 0. The maximum Gasteiger partial charge on any atom is 0.534 e. The molecule has 146 valence electrons. The molecular formula is C17H21F3O5S. The lowest BCUT2D eigenvalue weighted by atomic mass is 10.0. The van der Waals surface area contributed by atoms with Crippen LogP contribution in [0.2, 0.25) is 0 Å². The number of unbranched alkanes of at least 4 members (excludes halogenated alkanes) is 2. The van der Waals surface area contributed by atoms with Crippen LogP contribution in [0.5, 0.6) is 5.75 Å². The molecule has 0 saturated carbocycles. The number of carbonyl (C=O) groups is 1. The fourth-order valence-electron chi connectivity index (χ4n) is 2.23. The summed E-state index contributed by atoms with van der Waals surface area (Å²) in [5.74, 6) is -0.637. The van der Waals surface area contributed by atoms with E-state index in [0.717, 1.165) is 18.4 Å². The van der Waals surface area contributed by atoms with Crippen LogP contribution in [0.4, 0.5) is 13.2 Å². The first-order valence-corrected chi connectivity index (χ1v) is 9.32. The summed E-state index contributed by atoms with van der Waals surface area (Å²) in [5.41, 5.74) is -4.35. The van der Waals surface area contributed by atoms with Crippen molar-refractivity contribution in [3.05, 3.63) is 42.0 Å². The Morgan fingerprint density at radius 2 is 1.92 bits per heavy atom. The molecular weight excluding hydrogens is 373 g/mol. The van der Waals surface area contributed by atoms with Crippen molar-refractivity contribution in [2.45, 2.75) is 44.0 Å². The zero-order valence-electron chi connectivity index (χ0n) is 14.3. The fraction of sp³-hybridized carbons (Fsp3) is 0.471. The Balaban J connectivity index is 2.76. The van der Waals surface area contributed by atoms with Crippen LogP contribution < -0.4 is 4.18 Å². The Morgan fingerprint density at radius 3 is 2.50 bits per heavy atom. The standard InChI is InChI=1S/C17H21F3O5S/c1-3-7-14-12-13(8-5-4-6-9-16(21)24-2)10-11-15(14)25-26(22,23)17(18,19)20/h3,10-12H,1,4-9H2,2H3. The van der Waals surface area contributed by atoms with Crippen molar-refractivity contribution in [3.8, 4) is 5.75 Å². The number of carbonyl (C=O) groups excluding carboxylic acids is 1. The van der Waals surface area contributed by atoms with E-state index in [2.05, 4.69) is 15.5 Å². The quantitative estimate of drug-likeness (QED) is 0.198. The number of alkyl halides is 3. The molecule has 5 nitrogen and oxygen atoms in total. The number of aryl methyl sites for hydroxylation is 1. The van der Waals surface area contributed by atoms with E-state index in [9.17, 15) is 26.4 Å². The summed E-state index contributed by atoms with van der Waals surface area (Å²) in [6.07, 6.45) is 4.81. The summed E-state index contributed by atoms with van der Waals surface area (Å²) in [7, 11) is -4.39. The molecule has 0 spiro atoms. The first-order valence-electron chi connectivity index (χ1n) is 7.91. The lowest BCUT2D eigenvalue weighted by Crippen LogP contribution is -2.28. The lowest BCUT2D eigenvalue weighted by molar-refractivity contribution is -0.140. The van der Waals surface area contributed by atoms with Crippen LogP contribution in [0.25, 0.3) is 0 Å². The third-order valence-corrected chi connectivity index (χ3v) is 4.51. The molecule has 0 aliphatic rings. The van der Waals surface area contributed by atoms with Crippen molar-refractivity contribution in [2.24, 2.45) is 0 Å². The number of hydrogen-bond acceptors (Lipinski definition) is 5. The van der Waals surface area contributed by atoms with Crippen LogP contribution in [0, 0.1) is 0 Å². The van der Waals surface area contributed by atoms with Gasteiger partial charge in [0, 0.05) is 6.42 Å². The molecule has 0 bridgehead atoms. The van der Waals surface area contributed by atoms with Gasteiger partial charge in [-0.25, -0.2) is 0 Å². The van der Waals surface area contributed by atoms with Gasteiger partial charge in [0.2, 0.25) is 0 Å². The van der Waals surface area contributed by atoms with Crippen LogP contribution >= 0.6 is 0 Å². The number of esters is 1. The van der Waals surface area contributed by atoms with E-state index in [1.165, 1.54) is 25.3 Å². The van der Waals surface area contributed by atoms with Crippen LogP contribution in [0.1, 0.15) is 36.8 Å². The third kappa shape index (κ3) is 6.70. The zero-order valence-corrected chi connectivity index (χ0v) is 15.2. The van der Waals surface area contributed by atoms with E-state index < -0.39 is 15.6 Å². The molecule has 0 atom stereocenters. The molecule has 0 aliphatic carbocycles. The Hall–Kier alpha value is -2.03. The number of methoxy groups -OCH3 is 1. The normalized spacial score (nSPS) is 11.8. The molecule has 0 fully saturated rings. The molecule has 1 rings (SSSR count). The average molecular weight is 394 g/mol. The van der Waals surface area contributed by atoms with E-state index in [4.69, 9.17) is 0 Å². The summed E-state index contributed by atoms with van der Waals surface area (Å²) in [6, 6.07) is 4.34. The van der Waals surface area contributed by atoms with Crippen molar-refractivity contribution in [3.63, 3.8) is 0 Å². The molecule has 0 saturated heterocycles. The second-order valence-electron chi connectivity index (χ2n) is 5.55. The Bertz CT molecular complexity index is 726. The minimum atomic E-state index is -5.72. The molecule has 0 aliphatic heterocycles. The van der Waals surface area contributed by atoms with Gasteiger partial charge in [-0.1, -0.05) is 24.6 Å². The highest BCUT2D eigenvalue weighted by Crippen LogP contribution is 2.30. The minimum Gasteiger partial charge on any atom is -0.469 e. The van der Waals surface area contributed by atoms with E-state index in [0.29, 0.717) is 24.8 Å². The monoisotopic (exact) mass is 394 g/mol. The molecule has 0 unspecified atom stereocenters. The van der Waals surface area contributed by atoms with Gasteiger partial charge in [-0.3, -0.25) is 4.79 Å². The molecule has 0 heterocycles. The second-order valence-corrected chi connectivity index (χ2v) is 7.09. The third-order valence-electron chi connectivity index (χ3n) is 3.55. The van der Waals surface area contributed by atoms with E-state index >= 15 is 0 Å². The zero-order chi connectivity index (χ0) is 19.8. The highest BCUT2D eigenvalue weighted by molar-refractivity contribution is 7.88. The van der Waals surface area contributed by atoms with Crippen molar-refractivity contribution >= 4 is 16.1 Å². The Morgan fingerprint density at radius 1 is 1.23 bits per heavy atom. The molecule has 9 heteroatoms. The van der Waals surface area contributed by atoms with Crippen molar-refractivity contribution in [1.29, 1.82) is 0 Å². The second kappa shape index (κ2) is 9.61. The van der Waals surface area contributed by atoms with Crippen LogP contribution in [0.15, 0.2) is 30.9 Å². The first-order chi connectivity index (χ1) is 12.1. The topological polar surface area (TPSA) is 69.7 Å². The lowest BCUT2D eigenvalue weighted by Gasteiger charge is -2.13. The van der Waals surface area contributed by atoms with Crippen LogP contribution in [-0.2, 0) is 32.5 Å². The summed E-state index contributed by atoms with van der Waals surface area (Å²) in [5, 5.41) is 0. The summed E-state index contributed by atoms with van der Waals surface area (Å²) in [4.78, 5) is 11.0. The van der Waals surface area contributed by atoms with Crippen LogP contribution in [0.3, 0.4) is 0 Å². The summed E-state index contributed by atoms with van der Waals surface area (Å²) < 4.78 is 68.5. The Kier molecular flexibility index (Phi) is 8.13. The molecule has 1 aromatic carbocycles. The summed E-state index contributed by atoms with van der Waals surface area (Å²) in [6.45, 7) is 3.51. The van der Waals surface area contributed by atoms with E-state index in [1.54, 1.807) is 6.07 Å². The highest BCUT2D eigenvalue weighted by Gasteiger charge is 2.48. The number of rotatable bonds is 10. The predicted octanol–water partition coefficient (Wildman–Crippen LogP) is 3.92. The van der Waals surface area contributed by atoms with Gasteiger partial charge in [-0.2, -0.15) is 21.6 Å². The smallest absolute Gasteiger partial charge is 0.469 e. The molecule has 0 amide bonds. The largest absolute Gasteiger partial charge is 0.534 e. The molecule has 26 heavy (non-hydrogen) atoms. The van der Waals surface area contributed by atoms with Gasteiger partial charge in [0.25, 0.3) is 0 Å². The van der Waals surface area contributed by atoms with Gasteiger partial charge in [0.15, 0.2) is 0 Å². The number of hydrogen-bond donors (Lipinski definition) is 0. The average Bonchev–Trinajstić information content (AvgIpc) is 2.55. The predicted molar refractivity (Wildman–Crippen MR) is 90.1 cm³/mol. The Labute approximate surface area is 150 Å². The van der Waals surface area contributed by atoms with Gasteiger partial charge in [0.05, 0.1) is 7.11 Å². The minimum absolute atomic E-state index is 0.166. The van der Waals surface area contributed by atoms with Gasteiger partial charge >= 0.3 is 21.6 Å². The molecule has 0 aromatic heterocycles. The van der Waals surface area contributed by atoms with E-state index in [1.807, 2.05) is 0 Å². The molecule has 0 N–H and O–H groups in total. The van der Waals surface area contributed by atoms with Gasteiger partial charge < -0.3 is 8.92 Å². The maximum atomic E-state index is 12.5. The number of benzene rings is 1. The highest BCUT2D eigenvalue weighted by atomic mass is 32.2. The number of ether oxygens (including phenoxy) is 1. The number of allylic oxidation sites excluding steroid dienone is 1. The molecule has 1 aromatic rings. The van der Waals surface area contributed by atoms with Gasteiger partial charge in [-0.15, -0.1) is 6.58 Å². The van der Waals surface area contributed by atoms with Gasteiger partial charge in [-0.05, 0) is 42.9 Å².